The van der Waals surface area contributed by atoms with Crippen LogP contribution in [0.1, 0.15) is 62.0 Å². The van der Waals surface area contributed by atoms with Crippen LogP contribution in [0.2, 0.25) is 0 Å². The number of benzene rings is 1. The summed E-state index contributed by atoms with van der Waals surface area (Å²) in [4.78, 5) is 23.7. The van der Waals surface area contributed by atoms with E-state index in [4.69, 9.17) is 9.97 Å². The third-order valence-electron chi connectivity index (χ3n) is 7.03. The number of carboxylic acids is 1. The van der Waals surface area contributed by atoms with Crippen LogP contribution in [0.15, 0.2) is 54.9 Å². The molecule has 4 aromatic rings. The van der Waals surface area contributed by atoms with Crippen molar-refractivity contribution in [2.45, 2.75) is 64.6 Å². The maximum atomic E-state index is 11.5. The molecule has 0 amide bonds. The Balaban J connectivity index is 1.51. The fourth-order valence-corrected chi connectivity index (χ4v) is 5.44. The summed E-state index contributed by atoms with van der Waals surface area (Å²) < 4.78 is 1.85. The summed E-state index contributed by atoms with van der Waals surface area (Å²) in [6.07, 6.45) is 10.8. The second-order valence-corrected chi connectivity index (χ2v) is 9.32. The van der Waals surface area contributed by atoms with Gasteiger partial charge in [0.1, 0.15) is 6.54 Å². The number of aliphatic carboxylic acids is 1. The number of rotatable bonds is 9. The number of hydrogen-bond donors (Lipinski definition) is 1. The van der Waals surface area contributed by atoms with Crippen LogP contribution >= 0.6 is 0 Å². The van der Waals surface area contributed by atoms with Crippen LogP contribution in [0.25, 0.3) is 21.8 Å². The quantitative estimate of drug-likeness (QED) is 0.325. The van der Waals surface area contributed by atoms with Crippen LogP contribution in [0, 0.1) is 0 Å². The lowest BCUT2D eigenvalue weighted by Gasteiger charge is -2.35. The van der Waals surface area contributed by atoms with Crippen LogP contribution in [-0.2, 0) is 24.3 Å². The lowest BCUT2D eigenvalue weighted by Crippen LogP contribution is -2.33. The normalized spacial score (nSPS) is 15.8. The summed E-state index contributed by atoms with van der Waals surface area (Å²) in [5, 5.41) is 11.6. The van der Waals surface area contributed by atoms with Crippen molar-refractivity contribution in [3.63, 3.8) is 0 Å². The van der Waals surface area contributed by atoms with E-state index >= 15 is 0 Å². The highest BCUT2D eigenvalue weighted by molar-refractivity contribution is 6.08. The van der Waals surface area contributed by atoms with Gasteiger partial charge in [0.15, 0.2) is 0 Å². The van der Waals surface area contributed by atoms with Gasteiger partial charge in [0, 0.05) is 29.0 Å². The van der Waals surface area contributed by atoms with Gasteiger partial charge < -0.3 is 9.67 Å². The van der Waals surface area contributed by atoms with Gasteiger partial charge in [-0.1, -0.05) is 44.0 Å². The van der Waals surface area contributed by atoms with Crippen molar-refractivity contribution in [3.8, 4) is 0 Å². The Labute approximate surface area is 200 Å². The molecule has 34 heavy (non-hydrogen) atoms. The number of aryl methyl sites for hydroxylation is 1. The summed E-state index contributed by atoms with van der Waals surface area (Å²) in [6, 6.07) is 14.8. The first kappa shape index (κ1) is 22.5. The summed E-state index contributed by atoms with van der Waals surface area (Å²) in [6.45, 7) is 3.96. The molecule has 6 heteroatoms. The summed E-state index contributed by atoms with van der Waals surface area (Å²) in [7, 11) is 0. The molecular formula is C28H32N4O2. The molecule has 1 aliphatic carbocycles. The maximum absolute atomic E-state index is 11.5. The predicted molar refractivity (Wildman–Crippen MR) is 135 cm³/mol. The minimum Gasteiger partial charge on any atom is -0.480 e. The minimum atomic E-state index is -0.850. The Hall–Kier alpha value is -3.25. The molecule has 0 bridgehead atoms. The van der Waals surface area contributed by atoms with Gasteiger partial charge in [-0.25, -0.2) is 0 Å². The molecule has 0 saturated heterocycles. The van der Waals surface area contributed by atoms with E-state index in [0.717, 1.165) is 59.9 Å². The number of nitrogens with zero attached hydrogens (tertiary/aromatic N) is 4. The molecular weight excluding hydrogens is 424 g/mol. The highest BCUT2D eigenvalue weighted by atomic mass is 16.4. The Kier molecular flexibility index (Phi) is 6.59. The van der Waals surface area contributed by atoms with E-state index in [2.05, 4.69) is 30.0 Å². The summed E-state index contributed by atoms with van der Waals surface area (Å²) >= 11 is 0. The number of fused-ring (bicyclic) bond motifs is 4. The molecule has 0 spiro atoms. The SMILES string of the molecule is CCCCCN(Cc1cc2c3ccccc3n(CC(=O)O)c2cn1)C1CCCc2cccnc21. The van der Waals surface area contributed by atoms with Gasteiger partial charge in [0.2, 0.25) is 0 Å². The molecule has 3 aromatic heterocycles. The first-order valence-corrected chi connectivity index (χ1v) is 12.4. The lowest BCUT2D eigenvalue weighted by molar-refractivity contribution is -0.137. The number of carbonyl (C=O) groups is 1. The van der Waals surface area contributed by atoms with Crippen LogP contribution in [0.4, 0.5) is 0 Å². The Morgan fingerprint density at radius 3 is 2.85 bits per heavy atom. The number of para-hydroxylation sites is 1. The monoisotopic (exact) mass is 456 g/mol. The van der Waals surface area contributed by atoms with E-state index in [1.54, 1.807) is 0 Å². The second kappa shape index (κ2) is 9.94. The number of hydrogen-bond acceptors (Lipinski definition) is 4. The van der Waals surface area contributed by atoms with Crippen LogP contribution in [0.3, 0.4) is 0 Å². The first-order chi connectivity index (χ1) is 16.7. The van der Waals surface area contributed by atoms with E-state index in [1.165, 1.54) is 30.5 Å². The fraction of sp³-hybridized carbons (Fsp3) is 0.393. The molecule has 0 fully saturated rings. The molecule has 1 unspecified atom stereocenters. The van der Waals surface area contributed by atoms with Gasteiger partial charge >= 0.3 is 5.97 Å². The van der Waals surface area contributed by atoms with Crippen molar-refractivity contribution >= 4 is 27.8 Å². The zero-order valence-electron chi connectivity index (χ0n) is 19.8. The van der Waals surface area contributed by atoms with E-state index in [9.17, 15) is 9.90 Å². The Bertz CT molecular complexity index is 1310. The molecule has 1 N–H and O–H groups in total. The van der Waals surface area contributed by atoms with Crippen LogP contribution in [0.5, 0.6) is 0 Å². The van der Waals surface area contributed by atoms with Crippen molar-refractivity contribution in [3.05, 3.63) is 71.8 Å². The average molecular weight is 457 g/mol. The van der Waals surface area contributed by atoms with Crippen molar-refractivity contribution in [1.82, 2.24) is 19.4 Å². The lowest BCUT2D eigenvalue weighted by atomic mass is 9.90. The summed E-state index contributed by atoms with van der Waals surface area (Å²) in [5.41, 5.74) is 5.42. The minimum absolute atomic E-state index is 0.0707. The highest BCUT2D eigenvalue weighted by Crippen LogP contribution is 2.35. The van der Waals surface area contributed by atoms with Crippen molar-refractivity contribution in [1.29, 1.82) is 0 Å². The Morgan fingerprint density at radius 2 is 2.00 bits per heavy atom. The van der Waals surface area contributed by atoms with Crippen LogP contribution < -0.4 is 0 Å². The molecule has 0 aliphatic heterocycles. The number of aromatic nitrogens is 3. The van der Waals surface area contributed by atoms with Gasteiger partial charge in [0.25, 0.3) is 0 Å². The third-order valence-corrected chi connectivity index (χ3v) is 7.03. The molecule has 6 nitrogen and oxygen atoms in total. The maximum Gasteiger partial charge on any atom is 0.323 e. The van der Waals surface area contributed by atoms with E-state index in [0.29, 0.717) is 6.04 Å². The molecule has 3 heterocycles. The molecule has 1 aromatic carbocycles. The van der Waals surface area contributed by atoms with Gasteiger partial charge in [-0.3, -0.25) is 19.7 Å². The first-order valence-electron chi connectivity index (χ1n) is 12.4. The van der Waals surface area contributed by atoms with E-state index in [1.807, 2.05) is 41.2 Å². The average Bonchev–Trinajstić information content (AvgIpc) is 3.16. The number of unbranched alkanes of at least 4 members (excludes halogenated alkanes) is 2. The largest absolute Gasteiger partial charge is 0.480 e. The van der Waals surface area contributed by atoms with Gasteiger partial charge in [-0.2, -0.15) is 0 Å². The van der Waals surface area contributed by atoms with Crippen molar-refractivity contribution in [2.24, 2.45) is 0 Å². The number of carboxylic acid groups (broad SMARTS) is 1. The standard InChI is InChI=1S/C28H32N4O2/c1-2-3-6-15-31(25-13-7-9-20-10-8-14-29-28(20)25)18-21-16-23-22-11-4-5-12-24(22)32(19-27(33)34)26(23)17-30-21/h4-5,8,10-12,14,16-17,25H,2-3,6-7,9,13,15,18-19H2,1H3,(H,33,34). The number of pyridine rings is 2. The third kappa shape index (κ3) is 4.42. The topological polar surface area (TPSA) is 71.2 Å². The molecule has 1 aliphatic rings. The smallest absolute Gasteiger partial charge is 0.323 e. The van der Waals surface area contributed by atoms with Crippen LogP contribution in [-0.4, -0.2) is 37.1 Å². The molecule has 1 atom stereocenters. The van der Waals surface area contributed by atoms with Gasteiger partial charge in [-0.05, 0) is 56.0 Å². The van der Waals surface area contributed by atoms with Gasteiger partial charge in [0.05, 0.1) is 29.1 Å². The van der Waals surface area contributed by atoms with Crippen molar-refractivity contribution in [2.75, 3.05) is 6.54 Å². The van der Waals surface area contributed by atoms with Gasteiger partial charge in [-0.15, -0.1) is 0 Å². The van der Waals surface area contributed by atoms with E-state index in [-0.39, 0.29) is 6.54 Å². The zero-order chi connectivity index (χ0) is 23.5. The van der Waals surface area contributed by atoms with Crippen molar-refractivity contribution < 1.29 is 9.90 Å². The molecule has 0 saturated carbocycles. The predicted octanol–water partition coefficient (Wildman–Crippen LogP) is 5.74. The summed E-state index contributed by atoms with van der Waals surface area (Å²) in [5.74, 6) is -0.850. The zero-order valence-corrected chi connectivity index (χ0v) is 19.8. The fourth-order valence-electron chi connectivity index (χ4n) is 5.44. The molecule has 5 rings (SSSR count). The Morgan fingerprint density at radius 1 is 1.12 bits per heavy atom. The van der Waals surface area contributed by atoms with E-state index < -0.39 is 5.97 Å². The highest BCUT2D eigenvalue weighted by Gasteiger charge is 2.27. The second-order valence-electron chi connectivity index (χ2n) is 9.32. The molecule has 176 valence electrons. The molecule has 0 radical (unpaired) electrons.